The first-order valence-corrected chi connectivity index (χ1v) is 7.16. The van der Waals surface area contributed by atoms with E-state index in [9.17, 15) is 8.78 Å². The van der Waals surface area contributed by atoms with Crippen LogP contribution in [0.2, 0.25) is 5.02 Å². The Morgan fingerprint density at radius 1 is 1.27 bits per heavy atom. The molecule has 0 fully saturated rings. The van der Waals surface area contributed by atoms with Gasteiger partial charge >= 0.3 is 0 Å². The molecule has 0 saturated carbocycles. The maximum Gasteiger partial charge on any atom is 0.181 e. The predicted octanol–water partition coefficient (Wildman–Crippen LogP) is 4.31. The number of aliphatic hydroxyl groups excluding tert-OH is 1. The highest BCUT2D eigenvalue weighted by Crippen LogP contribution is 2.36. The zero-order valence-corrected chi connectivity index (χ0v) is 12.7. The van der Waals surface area contributed by atoms with Crippen LogP contribution in [0.1, 0.15) is 30.5 Å². The van der Waals surface area contributed by atoms with Gasteiger partial charge in [0.05, 0.1) is 11.6 Å². The summed E-state index contributed by atoms with van der Waals surface area (Å²) in [6, 6.07) is 6.30. The van der Waals surface area contributed by atoms with Crippen molar-refractivity contribution >= 4 is 11.6 Å². The Hall–Kier alpha value is -1.69. The van der Waals surface area contributed by atoms with Crippen LogP contribution < -0.4 is 10.5 Å². The lowest BCUT2D eigenvalue weighted by molar-refractivity contribution is 0.275. The molecule has 0 aliphatic rings. The number of nitrogens with two attached hydrogens (primary N) is 1. The first kappa shape index (κ1) is 16.7. The van der Waals surface area contributed by atoms with E-state index in [-0.39, 0.29) is 22.1 Å². The fourth-order valence-corrected chi connectivity index (χ4v) is 2.19. The molecule has 2 rings (SSSR count). The van der Waals surface area contributed by atoms with Gasteiger partial charge in [-0.3, -0.25) is 0 Å². The van der Waals surface area contributed by atoms with E-state index in [0.29, 0.717) is 12.0 Å². The number of halogens is 3. The maximum atomic E-state index is 14.5. The Bertz CT molecular complexity index is 679. The summed E-state index contributed by atoms with van der Waals surface area (Å²) >= 11 is 5.97. The van der Waals surface area contributed by atoms with Crippen molar-refractivity contribution in [3.63, 3.8) is 0 Å². The third-order valence-corrected chi connectivity index (χ3v) is 3.62. The van der Waals surface area contributed by atoms with Crippen molar-refractivity contribution in [2.45, 2.75) is 26.0 Å². The first-order valence-electron chi connectivity index (χ1n) is 6.78. The summed E-state index contributed by atoms with van der Waals surface area (Å²) in [5, 5.41) is 9.14. The third-order valence-electron chi connectivity index (χ3n) is 3.33. The van der Waals surface area contributed by atoms with Crippen LogP contribution in [0, 0.1) is 11.6 Å². The number of hydrogen-bond donors (Lipinski definition) is 2. The maximum absolute atomic E-state index is 14.5. The van der Waals surface area contributed by atoms with E-state index < -0.39 is 24.3 Å². The molecule has 0 radical (unpaired) electrons. The van der Waals surface area contributed by atoms with Gasteiger partial charge < -0.3 is 15.6 Å². The van der Waals surface area contributed by atoms with Crippen LogP contribution in [-0.4, -0.2) is 5.11 Å². The number of benzene rings is 2. The molecule has 0 amide bonds. The third kappa shape index (κ3) is 3.38. The molecule has 2 aromatic carbocycles. The normalized spacial score (nSPS) is 12.3. The van der Waals surface area contributed by atoms with Gasteiger partial charge in [0, 0.05) is 17.2 Å². The summed E-state index contributed by atoms with van der Waals surface area (Å²) in [6.45, 7) is 1.35. The topological polar surface area (TPSA) is 55.5 Å². The number of hydrogen-bond acceptors (Lipinski definition) is 3. The second-order valence-corrected chi connectivity index (χ2v) is 5.22. The lowest BCUT2D eigenvalue weighted by Crippen LogP contribution is -2.11. The minimum Gasteiger partial charge on any atom is -0.453 e. The quantitative estimate of drug-likeness (QED) is 0.860. The van der Waals surface area contributed by atoms with Gasteiger partial charge in [-0.2, -0.15) is 0 Å². The van der Waals surface area contributed by atoms with Gasteiger partial charge in [0.2, 0.25) is 0 Å². The van der Waals surface area contributed by atoms with Gasteiger partial charge in [-0.05, 0) is 30.7 Å². The molecule has 118 valence electrons. The Balaban J connectivity index is 2.41. The largest absolute Gasteiger partial charge is 0.453 e. The van der Waals surface area contributed by atoms with Crippen molar-refractivity contribution in [1.29, 1.82) is 0 Å². The highest BCUT2D eigenvalue weighted by molar-refractivity contribution is 6.32. The van der Waals surface area contributed by atoms with Gasteiger partial charge in [0.15, 0.2) is 11.6 Å². The van der Waals surface area contributed by atoms with Crippen molar-refractivity contribution in [3.05, 3.63) is 58.1 Å². The van der Waals surface area contributed by atoms with Crippen LogP contribution in [0.3, 0.4) is 0 Å². The van der Waals surface area contributed by atoms with Crippen molar-refractivity contribution in [2.75, 3.05) is 0 Å². The molecule has 2 aromatic rings. The van der Waals surface area contributed by atoms with Crippen LogP contribution in [0.5, 0.6) is 11.5 Å². The molecule has 6 heteroatoms. The van der Waals surface area contributed by atoms with E-state index in [4.69, 9.17) is 27.2 Å². The molecule has 3 nitrogen and oxygen atoms in total. The smallest absolute Gasteiger partial charge is 0.181 e. The van der Waals surface area contributed by atoms with Gasteiger partial charge in [0.25, 0.3) is 0 Å². The zero-order chi connectivity index (χ0) is 16.3. The second kappa shape index (κ2) is 7.05. The molecule has 0 spiro atoms. The van der Waals surface area contributed by atoms with Crippen LogP contribution in [0.25, 0.3) is 0 Å². The van der Waals surface area contributed by atoms with Crippen LogP contribution in [-0.2, 0) is 6.61 Å². The molecule has 22 heavy (non-hydrogen) atoms. The molecule has 0 aliphatic carbocycles. The zero-order valence-electron chi connectivity index (χ0n) is 11.9. The van der Waals surface area contributed by atoms with E-state index in [0.717, 1.165) is 6.07 Å². The highest BCUT2D eigenvalue weighted by Gasteiger charge is 2.18. The molecule has 3 N–H and O–H groups in total. The van der Waals surface area contributed by atoms with Gasteiger partial charge in [0.1, 0.15) is 11.6 Å². The summed E-state index contributed by atoms with van der Waals surface area (Å²) in [5.74, 6) is -1.20. The summed E-state index contributed by atoms with van der Waals surface area (Å²) in [5.41, 5.74) is 6.20. The Labute approximate surface area is 132 Å². The Kier molecular flexibility index (Phi) is 5.34. The number of ether oxygens (including phenoxy) is 1. The van der Waals surface area contributed by atoms with E-state index in [1.807, 2.05) is 6.92 Å². The Morgan fingerprint density at radius 3 is 2.64 bits per heavy atom. The fourth-order valence-electron chi connectivity index (χ4n) is 2.00. The number of aliphatic hydroxyl groups is 1. The van der Waals surface area contributed by atoms with Crippen molar-refractivity contribution in [3.8, 4) is 11.5 Å². The fraction of sp³-hybridized carbons (Fsp3) is 0.250. The minimum absolute atomic E-state index is 0.0513. The highest BCUT2D eigenvalue weighted by atomic mass is 35.5. The van der Waals surface area contributed by atoms with E-state index in [1.165, 1.54) is 24.3 Å². The minimum atomic E-state index is -0.642. The lowest BCUT2D eigenvalue weighted by Gasteiger charge is -2.15. The van der Waals surface area contributed by atoms with Crippen molar-refractivity contribution < 1.29 is 18.6 Å². The first-order chi connectivity index (χ1) is 10.5. The van der Waals surface area contributed by atoms with Crippen molar-refractivity contribution in [1.82, 2.24) is 0 Å². The number of rotatable bonds is 5. The SMILES string of the molecule is CC[C@@H](N)c1ccc(Cl)c(Oc2ccc(F)c(CO)c2)c1F. The lowest BCUT2D eigenvalue weighted by atomic mass is 10.0. The molecular weight excluding hydrogens is 312 g/mol. The summed E-state index contributed by atoms with van der Waals surface area (Å²) in [4.78, 5) is 0. The average molecular weight is 328 g/mol. The van der Waals surface area contributed by atoms with Gasteiger partial charge in [-0.15, -0.1) is 0 Å². The molecule has 0 unspecified atom stereocenters. The van der Waals surface area contributed by atoms with Crippen LogP contribution >= 0.6 is 11.6 Å². The molecular formula is C16H16ClF2NO2. The molecule has 0 saturated heterocycles. The standard InChI is InChI=1S/C16H16ClF2NO2/c1-2-14(20)11-4-5-12(17)16(15(11)19)22-10-3-6-13(18)9(7-10)8-21/h3-7,14,21H,2,8,20H2,1H3/t14-/m1/s1. The molecule has 0 heterocycles. The molecule has 0 bridgehead atoms. The Morgan fingerprint density at radius 2 is 2.00 bits per heavy atom. The summed E-state index contributed by atoms with van der Waals surface area (Å²) < 4.78 is 33.3. The van der Waals surface area contributed by atoms with Gasteiger partial charge in [-0.1, -0.05) is 24.6 Å². The molecule has 0 aliphatic heterocycles. The second-order valence-electron chi connectivity index (χ2n) is 4.81. The predicted molar refractivity (Wildman–Crippen MR) is 81.0 cm³/mol. The average Bonchev–Trinajstić information content (AvgIpc) is 2.52. The van der Waals surface area contributed by atoms with Gasteiger partial charge in [-0.25, -0.2) is 8.78 Å². The molecule has 1 atom stereocenters. The molecule has 0 aromatic heterocycles. The summed E-state index contributed by atoms with van der Waals surface area (Å²) in [7, 11) is 0. The van der Waals surface area contributed by atoms with Crippen molar-refractivity contribution in [2.24, 2.45) is 5.73 Å². The van der Waals surface area contributed by atoms with E-state index in [1.54, 1.807) is 0 Å². The van der Waals surface area contributed by atoms with E-state index in [2.05, 4.69) is 0 Å². The summed E-state index contributed by atoms with van der Waals surface area (Å²) in [6.07, 6.45) is 0.559. The monoisotopic (exact) mass is 327 g/mol. The van der Waals surface area contributed by atoms with E-state index >= 15 is 0 Å². The van der Waals surface area contributed by atoms with Crippen LogP contribution in [0.15, 0.2) is 30.3 Å². The van der Waals surface area contributed by atoms with Crippen LogP contribution in [0.4, 0.5) is 8.78 Å².